The summed E-state index contributed by atoms with van der Waals surface area (Å²) < 4.78 is 31.0. The van der Waals surface area contributed by atoms with Crippen LogP contribution in [-0.4, -0.2) is 50.5 Å². The number of hydrogen-bond donors (Lipinski definition) is 3. The van der Waals surface area contributed by atoms with Gasteiger partial charge in [0.15, 0.2) is 0 Å². The molecule has 100 valence electrons. The van der Waals surface area contributed by atoms with Crippen LogP contribution >= 0.6 is 0 Å². The molecule has 0 aliphatic carbocycles. The summed E-state index contributed by atoms with van der Waals surface area (Å²) in [6.45, 7) is 0.822. The molecular weight excluding hydrogens is 248 g/mol. The van der Waals surface area contributed by atoms with Crippen molar-refractivity contribution in [3.8, 4) is 0 Å². The van der Waals surface area contributed by atoms with Crippen molar-refractivity contribution in [1.29, 1.82) is 0 Å². The number of nitrogens with one attached hydrogen (secondary N) is 1. The van der Waals surface area contributed by atoms with Gasteiger partial charge in [-0.25, -0.2) is 13.1 Å². The van der Waals surface area contributed by atoms with E-state index in [1.54, 1.807) is 0 Å². The lowest BCUT2D eigenvalue weighted by Gasteiger charge is -2.22. The largest absolute Gasteiger partial charge is 0.480 e. The normalized spacial score (nSPS) is 23.2. The molecule has 0 bridgehead atoms. The fourth-order valence-corrected chi connectivity index (χ4v) is 2.94. The third-order valence-electron chi connectivity index (χ3n) is 2.63. The molecule has 1 saturated heterocycles. The van der Waals surface area contributed by atoms with Crippen LogP contribution in [0.25, 0.3) is 0 Å². The van der Waals surface area contributed by atoms with Crippen LogP contribution in [0.4, 0.5) is 0 Å². The monoisotopic (exact) mass is 266 g/mol. The van der Waals surface area contributed by atoms with E-state index < -0.39 is 27.3 Å². The van der Waals surface area contributed by atoms with E-state index >= 15 is 0 Å². The smallest absolute Gasteiger partial charge is 0.320 e. The van der Waals surface area contributed by atoms with Crippen molar-refractivity contribution in [2.75, 3.05) is 19.8 Å². The first-order chi connectivity index (χ1) is 7.93. The fraction of sp³-hybridized carbons (Fsp3) is 0.889. The minimum absolute atomic E-state index is 0.0340. The number of sulfonamides is 1. The SMILES string of the molecule is NC(CCNS(=O)(=O)C1CCCOC1)C(=O)O. The highest BCUT2D eigenvalue weighted by Crippen LogP contribution is 2.13. The van der Waals surface area contributed by atoms with Gasteiger partial charge in [-0.15, -0.1) is 0 Å². The van der Waals surface area contributed by atoms with Crippen LogP contribution in [0.1, 0.15) is 19.3 Å². The minimum atomic E-state index is -3.43. The van der Waals surface area contributed by atoms with Crippen LogP contribution in [0.2, 0.25) is 0 Å². The predicted molar refractivity (Wildman–Crippen MR) is 61.0 cm³/mol. The Morgan fingerprint density at radius 3 is 2.82 bits per heavy atom. The second-order valence-corrected chi connectivity index (χ2v) is 6.06. The van der Waals surface area contributed by atoms with Gasteiger partial charge in [0.05, 0.1) is 11.9 Å². The van der Waals surface area contributed by atoms with Crippen LogP contribution < -0.4 is 10.5 Å². The Balaban J connectivity index is 2.36. The molecule has 0 saturated carbocycles. The van der Waals surface area contributed by atoms with E-state index in [0.717, 1.165) is 6.42 Å². The van der Waals surface area contributed by atoms with Crippen molar-refractivity contribution in [2.24, 2.45) is 5.73 Å². The summed E-state index contributed by atoms with van der Waals surface area (Å²) in [5, 5.41) is 7.99. The van der Waals surface area contributed by atoms with Crippen molar-refractivity contribution < 1.29 is 23.1 Å². The molecule has 1 aliphatic rings. The Labute approximate surface area is 100 Å². The second-order valence-electron chi connectivity index (χ2n) is 4.01. The molecule has 0 spiro atoms. The molecule has 2 unspecified atom stereocenters. The van der Waals surface area contributed by atoms with Gasteiger partial charge in [0.2, 0.25) is 10.0 Å². The lowest BCUT2D eigenvalue weighted by molar-refractivity contribution is -0.138. The van der Waals surface area contributed by atoms with E-state index in [9.17, 15) is 13.2 Å². The highest BCUT2D eigenvalue weighted by atomic mass is 32.2. The highest BCUT2D eigenvalue weighted by Gasteiger charge is 2.27. The first-order valence-electron chi connectivity index (χ1n) is 5.48. The molecule has 0 radical (unpaired) electrons. The average molecular weight is 266 g/mol. The number of carboxylic acids is 1. The number of aliphatic carboxylic acids is 1. The van der Waals surface area contributed by atoms with Crippen molar-refractivity contribution in [1.82, 2.24) is 4.72 Å². The highest BCUT2D eigenvalue weighted by molar-refractivity contribution is 7.90. The molecule has 2 atom stereocenters. The maximum Gasteiger partial charge on any atom is 0.320 e. The van der Waals surface area contributed by atoms with E-state index in [4.69, 9.17) is 15.6 Å². The molecule has 8 heteroatoms. The maximum atomic E-state index is 11.8. The van der Waals surface area contributed by atoms with Gasteiger partial charge in [-0.05, 0) is 19.3 Å². The van der Waals surface area contributed by atoms with Crippen LogP contribution in [0, 0.1) is 0 Å². The van der Waals surface area contributed by atoms with Crippen molar-refractivity contribution in [2.45, 2.75) is 30.6 Å². The van der Waals surface area contributed by atoms with Crippen molar-refractivity contribution in [3.63, 3.8) is 0 Å². The van der Waals surface area contributed by atoms with Gasteiger partial charge in [-0.1, -0.05) is 0 Å². The fourth-order valence-electron chi connectivity index (χ4n) is 1.55. The Kier molecular flexibility index (Phi) is 5.31. The Hall–Kier alpha value is -0.700. The van der Waals surface area contributed by atoms with Crippen molar-refractivity contribution in [3.05, 3.63) is 0 Å². The molecule has 0 amide bonds. The zero-order valence-electron chi connectivity index (χ0n) is 9.46. The molecule has 1 aliphatic heterocycles. The van der Waals surface area contributed by atoms with Crippen LogP contribution in [-0.2, 0) is 19.6 Å². The number of ether oxygens (including phenoxy) is 1. The average Bonchev–Trinajstić information content (AvgIpc) is 2.29. The lowest BCUT2D eigenvalue weighted by Crippen LogP contribution is -2.42. The second kappa shape index (κ2) is 6.29. The maximum absolute atomic E-state index is 11.8. The molecule has 17 heavy (non-hydrogen) atoms. The van der Waals surface area contributed by atoms with Crippen molar-refractivity contribution >= 4 is 16.0 Å². The number of nitrogens with two attached hydrogens (primary N) is 1. The summed E-state index contributed by atoms with van der Waals surface area (Å²) in [7, 11) is -3.43. The number of carboxylic acid groups (broad SMARTS) is 1. The van der Waals surface area contributed by atoms with E-state index in [0.29, 0.717) is 13.0 Å². The summed E-state index contributed by atoms with van der Waals surface area (Å²) >= 11 is 0. The van der Waals surface area contributed by atoms with Gasteiger partial charge in [-0.3, -0.25) is 4.79 Å². The summed E-state index contributed by atoms with van der Waals surface area (Å²) in [5.74, 6) is -1.13. The Bertz CT molecular complexity index is 350. The van der Waals surface area contributed by atoms with Gasteiger partial charge in [-0.2, -0.15) is 0 Å². The summed E-state index contributed by atoms with van der Waals surface area (Å²) in [6.07, 6.45) is 1.36. The van der Waals surface area contributed by atoms with E-state index in [1.807, 2.05) is 0 Å². The molecule has 7 nitrogen and oxygen atoms in total. The minimum Gasteiger partial charge on any atom is -0.480 e. The molecular formula is C9H18N2O5S. The van der Waals surface area contributed by atoms with Gasteiger partial charge in [0.1, 0.15) is 6.04 Å². The Morgan fingerprint density at radius 2 is 2.29 bits per heavy atom. The Morgan fingerprint density at radius 1 is 1.59 bits per heavy atom. The van der Waals surface area contributed by atoms with Gasteiger partial charge < -0.3 is 15.6 Å². The quantitative estimate of drug-likeness (QED) is 0.560. The van der Waals surface area contributed by atoms with Crippen LogP contribution in [0.15, 0.2) is 0 Å². The zero-order chi connectivity index (χ0) is 12.9. The first-order valence-corrected chi connectivity index (χ1v) is 7.02. The predicted octanol–water partition coefficient (Wildman–Crippen LogP) is -1.11. The molecule has 0 aromatic rings. The summed E-state index contributed by atoms with van der Waals surface area (Å²) in [6, 6.07) is -1.04. The van der Waals surface area contributed by atoms with Gasteiger partial charge in [0.25, 0.3) is 0 Å². The molecule has 0 aromatic carbocycles. The van der Waals surface area contributed by atoms with Gasteiger partial charge >= 0.3 is 5.97 Å². The molecule has 1 fully saturated rings. The number of carbonyl (C=O) groups is 1. The number of hydrogen-bond acceptors (Lipinski definition) is 5. The van der Waals surface area contributed by atoms with E-state index in [1.165, 1.54) is 0 Å². The zero-order valence-corrected chi connectivity index (χ0v) is 10.3. The van der Waals surface area contributed by atoms with Crippen LogP contribution in [0.3, 0.4) is 0 Å². The first kappa shape index (κ1) is 14.4. The van der Waals surface area contributed by atoms with Gasteiger partial charge in [0, 0.05) is 13.2 Å². The lowest BCUT2D eigenvalue weighted by atomic mass is 10.2. The number of rotatable bonds is 6. The molecule has 4 N–H and O–H groups in total. The van der Waals surface area contributed by atoms with Crippen LogP contribution in [0.5, 0.6) is 0 Å². The third-order valence-corrected chi connectivity index (χ3v) is 4.49. The molecule has 1 rings (SSSR count). The topological polar surface area (TPSA) is 119 Å². The molecule has 0 aromatic heterocycles. The van der Waals surface area contributed by atoms with E-state index in [-0.39, 0.29) is 19.6 Å². The summed E-state index contributed by atoms with van der Waals surface area (Å²) in [4.78, 5) is 10.4. The van der Waals surface area contributed by atoms with E-state index in [2.05, 4.69) is 4.72 Å². The summed E-state index contributed by atoms with van der Waals surface area (Å²) in [5.41, 5.74) is 5.27. The molecule has 1 heterocycles. The third kappa shape index (κ3) is 4.58. The standard InChI is InChI=1S/C9H18N2O5S/c10-8(9(12)13)3-4-11-17(14,15)7-2-1-5-16-6-7/h7-8,11H,1-6,10H2,(H,12,13).